The molecule has 0 saturated carbocycles. The lowest BCUT2D eigenvalue weighted by atomic mass is 9.99. The second kappa shape index (κ2) is 3.70. The summed E-state index contributed by atoms with van der Waals surface area (Å²) in [6.07, 6.45) is 4.23. The molecule has 0 N–H and O–H groups in total. The molecule has 0 aromatic carbocycles. The maximum atomic E-state index is 4.36. The summed E-state index contributed by atoms with van der Waals surface area (Å²) in [7, 11) is 0. The monoisotopic (exact) mass is 163 g/mol. The van der Waals surface area contributed by atoms with Gasteiger partial charge in [0.15, 0.2) is 0 Å². The van der Waals surface area contributed by atoms with Gasteiger partial charge in [-0.25, -0.2) is 0 Å². The molecule has 12 heavy (non-hydrogen) atoms. The van der Waals surface area contributed by atoms with Crippen LogP contribution in [0.2, 0.25) is 0 Å². The van der Waals surface area contributed by atoms with Crippen molar-refractivity contribution in [3.8, 4) is 0 Å². The van der Waals surface area contributed by atoms with Crippen LogP contribution >= 0.6 is 0 Å². The van der Waals surface area contributed by atoms with Crippen molar-refractivity contribution in [2.45, 2.75) is 40.5 Å². The standard InChI is InChI=1S/C11H17N/c1-5-10-7-12-9(4)8(3)11(10)6-2/h7H,5-6H2,1-4H3. The van der Waals surface area contributed by atoms with Crippen molar-refractivity contribution in [3.05, 3.63) is 28.6 Å². The number of pyridine rings is 1. The van der Waals surface area contributed by atoms with Gasteiger partial charge in [-0.15, -0.1) is 0 Å². The molecule has 0 aliphatic carbocycles. The Balaban J connectivity index is 3.25. The lowest BCUT2D eigenvalue weighted by Gasteiger charge is -2.10. The first-order valence-electron chi connectivity index (χ1n) is 4.64. The Kier molecular flexibility index (Phi) is 2.85. The van der Waals surface area contributed by atoms with Gasteiger partial charge in [-0.3, -0.25) is 4.98 Å². The fraction of sp³-hybridized carbons (Fsp3) is 0.545. The SMILES string of the molecule is CCc1cnc(C)c(C)c1CC. The largest absolute Gasteiger partial charge is 0.261 e. The van der Waals surface area contributed by atoms with E-state index in [0.29, 0.717) is 0 Å². The smallest absolute Gasteiger partial charge is 0.0404 e. The molecule has 1 rings (SSSR count). The van der Waals surface area contributed by atoms with Crippen LogP contribution in [-0.2, 0) is 12.8 Å². The highest BCUT2D eigenvalue weighted by Crippen LogP contribution is 2.16. The molecule has 66 valence electrons. The molecule has 1 heteroatoms. The maximum absolute atomic E-state index is 4.36. The lowest BCUT2D eigenvalue weighted by molar-refractivity contribution is 0.968. The molecule has 0 amide bonds. The molecular weight excluding hydrogens is 146 g/mol. The predicted molar refractivity (Wildman–Crippen MR) is 52.5 cm³/mol. The fourth-order valence-electron chi connectivity index (χ4n) is 1.61. The zero-order valence-electron chi connectivity index (χ0n) is 8.44. The second-order valence-corrected chi connectivity index (χ2v) is 3.18. The van der Waals surface area contributed by atoms with E-state index in [0.717, 1.165) is 12.8 Å². The van der Waals surface area contributed by atoms with Crippen molar-refractivity contribution in [1.82, 2.24) is 4.98 Å². The van der Waals surface area contributed by atoms with E-state index in [4.69, 9.17) is 0 Å². The molecule has 0 aliphatic heterocycles. The second-order valence-electron chi connectivity index (χ2n) is 3.18. The molecular formula is C11H17N. The van der Waals surface area contributed by atoms with Crippen LogP contribution in [0.4, 0.5) is 0 Å². The molecule has 0 aliphatic rings. The van der Waals surface area contributed by atoms with Crippen LogP contribution in [0.5, 0.6) is 0 Å². The molecule has 0 spiro atoms. The van der Waals surface area contributed by atoms with E-state index in [1.54, 1.807) is 0 Å². The Hall–Kier alpha value is -0.850. The van der Waals surface area contributed by atoms with E-state index in [1.165, 1.54) is 22.4 Å². The minimum atomic E-state index is 1.09. The molecule has 0 fully saturated rings. The molecule has 0 saturated heterocycles. The van der Waals surface area contributed by atoms with Gasteiger partial charge in [0.2, 0.25) is 0 Å². The Bertz CT molecular complexity index is 277. The van der Waals surface area contributed by atoms with Gasteiger partial charge >= 0.3 is 0 Å². The van der Waals surface area contributed by atoms with E-state index in [2.05, 4.69) is 32.7 Å². The molecule has 1 heterocycles. The van der Waals surface area contributed by atoms with Crippen molar-refractivity contribution < 1.29 is 0 Å². The van der Waals surface area contributed by atoms with Crippen LogP contribution in [0, 0.1) is 13.8 Å². The van der Waals surface area contributed by atoms with Gasteiger partial charge in [-0.05, 0) is 43.4 Å². The Morgan fingerprint density at radius 1 is 1.17 bits per heavy atom. The topological polar surface area (TPSA) is 12.9 Å². The Morgan fingerprint density at radius 3 is 2.33 bits per heavy atom. The van der Waals surface area contributed by atoms with E-state index >= 15 is 0 Å². The average Bonchev–Trinajstić information content (AvgIpc) is 2.09. The van der Waals surface area contributed by atoms with Gasteiger partial charge in [-0.1, -0.05) is 13.8 Å². The van der Waals surface area contributed by atoms with E-state index in [-0.39, 0.29) is 0 Å². The third kappa shape index (κ3) is 1.50. The van der Waals surface area contributed by atoms with Gasteiger partial charge < -0.3 is 0 Å². The third-order valence-corrected chi connectivity index (χ3v) is 2.53. The minimum Gasteiger partial charge on any atom is -0.261 e. The van der Waals surface area contributed by atoms with E-state index in [1.807, 2.05) is 6.20 Å². The maximum Gasteiger partial charge on any atom is 0.0404 e. The number of nitrogens with zero attached hydrogens (tertiary/aromatic N) is 1. The van der Waals surface area contributed by atoms with Gasteiger partial charge in [0, 0.05) is 11.9 Å². The zero-order valence-corrected chi connectivity index (χ0v) is 8.44. The number of rotatable bonds is 2. The van der Waals surface area contributed by atoms with Crippen LogP contribution in [0.15, 0.2) is 6.20 Å². The zero-order chi connectivity index (χ0) is 9.14. The highest BCUT2D eigenvalue weighted by molar-refractivity contribution is 5.35. The summed E-state index contributed by atoms with van der Waals surface area (Å²) in [6.45, 7) is 8.64. The van der Waals surface area contributed by atoms with Crippen LogP contribution in [0.3, 0.4) is 0 Å². The summed E-state index contributed by atoms with van der Waals surface area (Å²) in [4.78, 5) is 4.36. The first-order valence-corrected chi connectivity index (χ1v) is 4.64. The van der Waals surface area contributed by atoms with Gasteiger partial charge in [0.05, 0.1) is 0 Å². The van der Waals surface area contributed by atoms with Crippen LogP contribution in [0.25, 0.3) is 0 Å². The van der Waals surface area contributed by atoms with Gasteiger partial charge in [0.25, 0.3) is 0 Å². The molecule has 0 atom stereocenters. The van der Waals surface area contributed by atoms with Crippen molar-refractivity contribution in [2.75, 3.05) is 0 Å². The first kappa shape index (κ1) is 9.24. The van der Waals surface area contributed by atoms with E-state index < -0.39 is 0 Å². The lowest BCUT2D eigenvalue weighted by Crippen LogP contribution is -1.99. The van der Waals surface area contributed by atoms with Gasteiger partial charge in [-0.2, -0.15) is 0 Å². The Labute approximate surface area is 74.8 Å². The molecule has 1 aromatic heterocycles. The normalized spacial score (nSPS) is 10.3. The van der Waals surface area contributed by atoms with Crippen molar-refractivity contribution in [2.24, 2.45) is 0 Å². The summed E-state index contributed by atoms with van der Waals surface area (Å²) in [5.41, 5.74) is 5.44. The number of aryl methyl sites for hydroxylation is 2. The molecule has 1 nitrogen and oxygen atoms in total. The summed E-state index contributed by atoms with van der Waals surface area (Å²) >= 11 is 0. The van der Waals surface area contributed by atoms with Crippen LogP contribution in [-0.4, -0.2) is 4.98 Å². The predicted octanol–water partition coefficient (Wildman–Crippen LogP) is 2.82. The fourth-order valence-corrected chi connectivity index (χ4v) is 1.61. The van der Waals surface area contributed by atoms with E-state index in [9.17, 15) is 0 Å². The average molecular weight is 163 g/mol. The highest BCUT2D eigenvalue weighted by Gasteiger charge is 2.04. The Morgan fingerprint density at radius 2 is 1.83 bits per heavy atom. The summed E-state index contributed by atoms with van der Waals surface area (Å²) in [5, 5.41) is 0. The van der Waals surface area contributed by atoms with Crippen molar-refractivity contribution in [1.29, 1.82) is 0 Å². The first-order chi connectivity index (χ1) is 5.70. The molecule has 0 unspecified atom stereocenters. The summed E-state index contributed by atoms with van der Waals surface area (Å²) in [5.74, 6) is 0. The van der Waals surface area contributed by atoms with Crippen LogP contribution < -0.4 is 0 Å². The summed E-state index contributed by atoms with van der Waals surface area (Å²) < 4.78 is 0. The molecule has 0 bridgehead atoms. The molecule has 1 aromatic rings. The molecule has 0 radical (unpaired) electrons. The quantitative estimate of drug-likeness (QED) is 0.653. The number of hydrogen-bond donors (Lipinski definition) is 0. The van der Waals surface area contributed by atoms with Gasteiger partial charge in [0.1, 0.15) is 0 Å². The minimum absolute atomic E-state index is 1.09. The number of hydrogen-bond acceptors (Lipinski definition) is 1. The van der Waals surface area contributed by atoms with Crippen molar-refractivity contribution >= 4 is 0 Å². The highest BCUT2D eigenvalue weighted by atomic mass is 14.7. The van der Waals surface area contributed by atoms with Crippen LogP contribution in [0.1, 0.15) is 36.2 Å². The number of aromatic nitrogens is 1. The summed E-state index contributed by atoms with van der Waals surface area (Å²) in [6, 6.07) is 0. The van der Waals surface area contributed by atoms with Crippen molar-refractivity contribution in [3.63, 3.8) is 0 Å². The third-order valence-electron chi connectivity index (χ3n) is 2.53.